The zero-order chi connectivity index (χ0) is 26.9. The Bertz CT molecular complexity index is 1820. The zero-order valence-electron chi connectivity index (χ0n) is 21.6. The van der Waals surface area contributed by atoms with Crippen molar-refractivity contribution in [2.75, 3.05) is 18.4 Å². The van der Waals surface area contributed by atoms with Gasteiger partial charge in [0, 0.05) is 47.7 Å². The number of amides is 1. The van der Waals surface area contributed by atoms with Gasteiger partial charge in [-0.25, -0.2) is 4.98 Å². The minimum atomic E-state index is 0.0110. The first-order valence-electron chi connectivity index (χ1n) is 13.3. The first-order valence-corrected chi connectivity index (χ1v) is 13.3. The number of nitrogens with zero attached hydrogens (tertiary/aromatic N) is 6. The van der Waals surface area contributed by atoms with Gasteiger partial charge >= 0.3 is 0 Å². The second-order valence-corrected chi connectivity index (χ2v) is 9.97. The highest BCUT2D eigenvalue weighted by atomic mass is 16.1. The Morgan fingerprint density at radius 2 is 1.77 bits per heavy atom. The molecule has 0 unspecified atom stereocenters. The molecule has 7 heterocycles. The molecule has 0 atom stereocenters. The van der Waals surface area contributed by atoms with E-state index >= 15 is 0 Å². The lowest BCUT2D eigenvalue weighted by Crippen LogP contribution is -2.30. The maximum atomic E-state index is 12.7. The number of aromatic amines is 2. The monoisotopic (exact) mass is 530 g/mol. The molecule has 198 valence electrons. The number of rotatable bonds is 6. The largest absolute Gasteiger partial charge is 0.336 e. The summed E-state index contributed by atoms with van der Waals surface area (Å²) in [5.74, 6) is 1.05. The molecule has 1 aliphatic rings. The van der Waals surface area contributed by atoms with Gasteiger partial charge in [0.05, 0.1) is 40.5 Å². The van der Waals surface area contributed by atoms with Crippen molar-refractivity contribution in [2.45, 2.75) is 19.3 Å². The molecule has 0 saturated carbocycles. The van der Waals surface area contributed by atoms with Crippen molar-refractivity contribution >= 4 is 33.5 Å². The number of imidazole rings is 1. The topological polar surface area (TPSA) is 150 Å². The van der Waals surface area contributed by atoms with Crippen LogP contribution in [-0.4, -0.2) is 59.1 Å². The van der Waals surface area contributed by atoms with E-state index in [1.165, 1.54) is 0 Å². The van der Waals surface area contributed by atoms with Gasteiger partial charge in [-0.15, -0.1) is 0 Å². The van der Waals surface area contributed by atoms with E-state index < -0.39 is 0 Å². The second-order valence-electron chi connectivity index (χ2n) is 9.97. The summed E-state index contributed by atoms with van der Waals surface area (Å²) in [6.07, 6.45) is 13.0. The number of H-pyrrole nitrogens is 2. The van der Waals surface area contributed by atoms with Crippen LogP contribution in [0, 0.1) is 5.92 Å². The van der Waals surface area contributed by atoms with Gasteiger partial charge < -0.3 is 15.6 Å². The van der Waals surface area contributed by atoms with Gasteiger partial charge in [-0.3, -0.25) is 29.8 Å². The molecular weight excluding hydrogens is 504 g/mol. The molecule has 4 N–H and O–H groups in total. The number of carbonyl (C=O) groups is 1. The summed E-state index contributed by atoms with van der Waals surface area (Å²) in [7, 11) is 0. The van der Waals surface area contributed by atoms with Crippen molar-refractivity contribution in [3.8, 4) is 34.0 Å². The Kier molecular flexibility index (Phi) is 6.17. The van der Waals surface area contributed by atoms with E-state index in [1.54, 1.807) is 37.2 Å². The molecule has 0 aliphatic carbocycles. The normalized spacial score (nSPS) is 14.1. The van der Waals surface area contributed by atoms with Gasteiger partial charge in [0.2, 0.25) is 5.91 Å². The zero-order valence-corrected chi connectivity index (χ0v) is 21.6. The van der Waals surface area contributed by atoms with Gasteiger partial charge in [0.1, 0.15) is 11.2 Å². The van der Waals surface area contributed by atoms with E-state index in [0.717, 1.165) is 64.7 Å². The van der Waals surface area contributed by atoms with Crippen molar-refractivity contribution < 1.29 is 4.79 Å². The van der Waals surface area contributed by atoms with Crippen LogP contribution in [0.4, 0.5) is 5.69 Å². The number of piperidine rings is 1. The van der Waals surface area contributed by atoms with Crippen LogP contribution in [0.5, 0.6) is 0 Å². The molecule has 0 radical (unpaired) electrons. The third kappa shape index (κ3) is 4.67. The van der Waals surface area contributed by atoms with Crippen LogP contribution >= 0.6 is 0 Å². The van der Waals surface area contributed by atoms with Crippen molar-refractivity contribution in [1.29, 1.82) is 0 Å². The molecule has 11 nitrogen and oxygen atoms in total. The van der Waals surface area contributed by atoms with E-state index in [-0.39, 0.29) is 5.91 Å². The molecule has 1 fully saturated rings. The number of nitrogens with one attached hydrogen (secondary N) is 4. The third-order valence-corrected chi connectivity index (χ3v) is 7.28. The van der Waals surface area contributed by atoms with Gasteiger partial charge in [-0.1, -0.05) is 0 Å². The van der Waals surface area contributed by atoms with Crippen molar-refractivity contribution in [2.24, 2.45) is 5.92 Å². The number of fused-ring (bicyclic) bond motifs is 2. The molecule has 1 amide bonds. The molecule has 7 rings (SSSR count). The molecule has 0 aromatic carbocycles. The standard InChI is InChI=1S/C29H26N10O/c40-25(11-17-1-6-30-7-2-17)35-20-12-19(14-32-15-20)23-13-21-24(16-34-23)38-39-27(21)29-36-22-5-10-33-26(28(22)37-29)18-3-8-31-9-4-18/h3-5,8-10,12-17,30H,1-2,6-7,11H2,(H,35,40)(H,36,37)(H,38,39). The van der Waals surface area contributed by atoms with Gasteiger partial charge in [0.15, 0.2) is 5.82 Å². The summed E-state index contributed by atoms with van der Waals surface area (Å²) >= 11 is 0. The summed E-state index contributed by atoms with van der Waals surface area (Å²) in [6.45, 7) is 1.94. The maximum absolute atomic E-state index is 12.7. The molecule has 6 aromatic heterocycles. The summed E-state index contributed by atoms with van der Waals surface area (Å²) in [5.41, 5.74) is 6.95. The molecule has 1 aliphatic heterocycles. The van der Waals surface area contributed by atoms with Crippen LogP contribution in [0.15, 0.2) is 67.5 Å². The summed E-state index contributed by atoms with van der Waals surface area (Å²) < 4.78 is 0. The first kappa shape index (κ1) is 24.0. The smallest absolute Gasteiger partial charge is 0.224 e. The minimum Gasteiger partial charge on any atom is -0.336 e. The lowest BCUT2D eigenvalue weighted by molar-refractivity contribution is -0.117. The number of carbonyl (C=O) groups excluding carboxylic acids is 1. The van der Waals surface area contributed by atoms with Crippen molar-refractivity contribution in [3.63, 3.8) is 0 Å². The summed E-state index contributed by atoms with van der Waals surface area (Å²) in [4.78, 5) is 38.6. The fraction of sp³-hybridized carbons (Fsp3) is 0.207. The quantitative estimate of drug-likeness (QED) is 0.248. The van der Waals surface area contributed by atoms with Crippen LogP contribution in [0.2, 0.25) is 0 Å². The van der Waals surface area contributed by atoms with Crippen LogP contribution in [-0.2, 0) is 4.79 Å². The molecule has 6 aromatic rings. The van der Waals surface area contributed by atoms with Crippen LogP contribution in [0.1, 0.15) is 19.3 Å². The highest BCUT2D eigenvalue weighted by Crippen LogP contribution is 2.31. The maximum Gasteiger partial charge on any atom is 0.224 e. The first-order chi connectivity index (χ1) is 19.7. The van der Waals surface area contributed by atoms with E-state index in [1.807, 2.05) is 30.3 Å². The van der Waals surface area contributed by atoms with Crippen LogP contribution < -0.4 is 10.6 Å². The van der Waals surface area contributed by atoms with E-state index in [9.17, 15) is 4.79 Å². The molecule has 40 heavy (non-hydrogen) atoms. The Labute approximate surface area is 228 Å². The van der Waals surface area contributed by atoms with Gasteiger partial charge in [-0.2, -0.15) is 5.10 Å². The average Bonchev–Trinajstić information content (AvgIpc) is 3.62. The third-order valence-electron chi connectivity index (χ3n) is 7.28. The molecular formula is C29H26N10O. The highest BCUT2D eigenvalue weighted by molar-refractivity contribution is 5.97. The van der Waals surface area contributed by atoms with Gasteiger partial charge in [-0.05, 0) is 62.2 Å². The lowest BCUT2D eigenvalue weighted by atomic mass is 9.94. The Balaban J connectivity index is 1.19. The predicted octanol–water partition coefficient (Wildman–Crippen LogP) is 4.35. The van der Waals surface area contributed by atoms with Crippen molar-refractivity contribution in [3.05, 3.63) is 67.5 Å². The van der Waals surface area contributed by atoms with Crippen molar-refractivity contribution in [1.82, 2.24) is 45.4 Å². The number of hydrogen-bond donors (Lipinski definition) is 4. The van der Waals surface area contributed by atoms with Crippen LogP contribution in [0.3, 0.4) is 0 Å². The predicted molar refractivity (Wildman–Crippen MR) is 152 cm³/mol. The highest BCUT2D eigenvalue weighted by Gasteiger charge is 2.19. The Morgan fingerprint density at radius 3 is 2.65 bits per heavy atom. The molecule has 11 heteroatoms. The second kappa shape index (κ2) is 10.3. The molecule has 0 spiro atoms. The van der Waals surface area contributed by atoms with E-state index in [4.69, 9.17) is 4.98 Å². The average molecular weight is 531 g/mol. The number of aromatic nitrogens is 8. The minimum absolute atomic E-state index is 0.0110. The Morgan fingerprint density at radius 1 is 0.900 bits per heavy atom. The Hall–Kier alpha value is -5.03. The van der Waals surface area contributed by atoms with Crippen LogP contribution in [0.25, 0.3) is 56.0 Å². The molecule has 1 saturated heterocycles. The lowest BCUT2D eigenvalue weighted by Gasteiger charge is -2.21. The fourth-order valence-electron chi connectivity index (χ4n) is 5.23. The summed E-state index contributed by atoms with van der Waals surface area (Å²) in [6, 6.07) is 9.58. The van der Waals surface area contributed by atoms with E-state index in [2.05, 4.69) is 45.8 Å². The number of anilines is 1. The number of hydrogen-bond acceptors (Lipinski definition) is 8. The number of pyridine rings is 4. The fourth-order valence-corrected chi connectivity index (χ4v) is 5.23. The van der Waals surface area contributed by atoms with E-state index in [0.29, 0.717) is 35.2 Å². The van der Waals surface area contributed by atoms with Gasteiger partial charge in [0.25, 0.3) is 0 Å². The SMILES string of the molecule is O=C(CC1CCNCC1)Nc1cncc(-c2cc3c(-c4nc5c(-c6ccncc6)nccc5[nH]4)n[nH]c3cn2)c1. The molecule has 0 bridgehead atoms. The summed E-state index contributed by atoms with van der Waals surface area (Å²) in [5, 5.41) is 14.8.